The first-order chi connectivity index (χ1) is 28.6. The molecule has 3 aromatic carbocycles. The van der Waals surface area contributed by atoms with Gasteiger partial charge in [0.2, 0.25) is 0 Å². The van der Waals surface area contributed by atoms with Crippen LogP contribution < -0.4 is 24.0 Å². The van der Waals surface area contributed by atoms with E-state index in [-0.39, 0.29) is 73.9 Å². The van der Waals surface area contributed by atoms with Crippen LogP contribution in [0.5, 0.6) is 17.5 Å². The van der Waals surface area contributed by atoms with E-state index in [0.29, 0.717) is 36.2 Å². The van der Waals surface area contributed by atoms with Crippen molar-refractivity contribution in [1.29, 1.82) is 0 Å². The Morgan fingerprint density at radius 2 is 1.57 bits per heavy atom. The van der Waals surface area contributed by atoms with E-state index in [2.05, 4.69) is 4.90 Å². The summed E-state index contributed by atoms with van der Waals surface area (Å²) < 4.78 is 80.6. The van der Waals surface area contributed by atoms with Gasteiger partial charge in [0.1, 0.15) is 23.9 Å². The van der Waals surface area contributed by atoms with Gasteiger partial charge in [-0.05, 0) is 112 Å². The maximum absolute atomic E-state index is 17.7. The highest BCUT2D eigenvalue weighted by Gasteiger charge is 2.44. The quantitative estimate of drug-likeness (QED) is 0.140. The SMILES string of the molecule is COc1ccc(CN(Cc2ccc(OC)cc2)c2cc(C)c(C(F)(F)F)c([C@@H]3Cc4nc(OCC5CCCN5C)nc(N5CCN(C(=O)O)CC5C)c4C[C@H]3C)c2F)cc1. The fourth-order valence-corrected chi connectivity index (χ4v) is 9.13. The molecule has 4 aromatic rings. The number of likely N-dealkylation sites (N-methyl/N-ethyl adjacent to an activating group) is 1. The van der Waals surface area contributed by atoms with Crippen LogP contribution in [0.4, 0.5) is 33.9 Å². The second-order valence-corrected chi connectivity index (χ2v) is 16.5. The number of alkyl halides is 3. The third-order valence-electron chi connectivity index (χ3n) is 12.5. The van der Waals surface area contributed by atoms with Gasteiger partial charge in [-0.15, -0.1) is 0 Å². The summed E-state index contributed by atoms with van der Waals surface area (Å²) in [5.74, 6) is -0.373. The summed E-state index contributed by atoms with van der Waals surface area (Å²) in [5, 5.41) is 9.71. The van der Waals surface area contributed by atoms with E-state index in [0.717, 1.165) is 36.1 Å². The first-order valence-electron chi connectivity index (χ1n) is 20.5. The first-order valence-corrected chi connectivity index (χ1v) is 20.5. The summed E-state index contributed by atoms with van der Waals surface area (Å²) >= 11 is 0. The number of aromatic nitrogens is 2. The molecule has 322 valence electrons. The Labute approximate surface area is 348 Å². The van der Waals surface area contributed by atoms with Gasteiger partial charge in [0.25, 0.3) is 0 Å². The maximum Gasteiger partial charge on any atom is 0.417 e. The zero-order chi connectivity index (χ0) is 42.9. The van der Waals surface area contributed by atoms with Gasteiger partial charge < -0.3 is 38.9 Å². The Hall–Kier alpha value is -5.31. The Bertz CT molecular complexity index is 2100. The van der Waals surface area contributed by atoms with E-state index in [1.807, 2.05) is 50.1 Å². The van der Waals surface area contributed by atoms with E-state index < -0.39 is 35.5 Å². The molecule has 0 saturated carbocycles. The molecule has 1 aromatic heterocycles. The molecular weight excluding hydrogens is 781 g/mol. The number of benzene rings is 3. The number of carboxylic acid groups (broad SMARTS) is 1. The normalized spacial score (nSPS) is 20.8. The molecule has 3 heterocycles. The highest BCUT2D eigenvalue weighted by atomic mass is 19.4. The van der Waals surface area contributed by atoms with Crippen molar-refractivity contribution in [2.24, 2.45) is 5.92 Å². The monoisotopic (exact) mass is 834 g/mol. The number of hydrogen-bond donors (Lipinski definition) is 1. The number of methoxy groups -OCH3 is 2. The van der Waals surface area contributed by atoms with Crippen molar-refractivity contribution in [3.63, 3.8) is 0 Å². The number of piperazine rings is 1. The van der Waals surface area contributed by atoms with E-state index in [4.69, 9.17) is 24.2 Å². The van der Waals surface area contributed by atoms with E-state index in [9.17, 15) is 9.90 Å². The summed E-state index contributed by atoms with van der Waals surface area (Å²) in [6.07, 6.45) is -3.55. The predicted molar refractivity (Wildman–Crippen MR) is 221 cm³/mol. The average Bonchev–Trinajstić information content (AvgIpc) is 3.64. The van der Waals surface area contributed by atoms with Gasteiger partial charge in [0.15, 0.2) is 5.82 Å². The molecule has 3 aliphatic rings. The van der Waals surface area contributed by atoms with Crippen LogP contribution in [0.2, 0.25) is 0 Å². The molecule has 15 heteroatoms. The van der Waals surface area contributed by atoms with Gasteiger partial charge in [-0.1, -0.05) is 31.2 Å². The molecule has 2 saturated heterocycles. The number of fused-ring (bicyclic) bond motifs is 1. The number of nitrogens with zero attached hydrogens (tertiary/aromatic N) is 6. The van der Waals surface area contributed by atoms with Crippen LogP contribution in [0.15, 0.2) is 54.6 Å². The summed E-state index contributed by atoms with van der Waals surface area (Å²) in [7, 11) is 5.17. The Morgan fingerprint density at radius 3 is 2.10 bits per heavy atom. The van der Waals surface area contributed by atoms with Crippen LogP contribution >= 0.6 is 0 Å². The summed E-state index contributed by atoms with van der Waals surface area (Å²) in [6, 6.07) is 16.0. The number of hydrogen-bond acceptors (Lipinski definition) is 9. The molecule has 11 nitrogen and oxygen atoms in total. The number of amides is 1. The molecular formula is C45H54F4N6O5. The number of anilines is 2. The third-order valence-corrected chi connectivity index (χ3v) is 12.5. The molecule has 60 heavy (non-hydrogen) atoms. The van der Waals surface area contributed by atoms with Crippen LogP contribution in [-0.2, 0) is 32.1 Å². The lowest BCUT2D eigenvalue weighted by Crippen LogP contribution is -2.54. The van der Waals surface area contributed by atoms with Gasteiger partial charge in [0, 0.05) is 55.9 Å². The van der Waals surface area contributed by atoms with Gasteiger partial charge in [0.05, 0.1) is 31.2 Å². The van der Waals surface area contributed by atoms with Gasteiger partial charge >= 0.3 is 18.3 Å². The molecule has 2 aliphatic heterocycles. The lowest BCUT2D eigenvalue weighted by Gasteiger charge is -2.42. The smallest absolute Gasteiger partial charge is 0.417 e. The summed E-state index contributed by atoms with van der Waals surface area (Å²) in [5.41, 5.74) is 1.58. The standard InChI is InChI=1S/C45H54F4N6O5/c1-27-20-36-37(50-43(60-26-32-8-7-17-52(32)4)51-42(36)55-19-18-53(44(56)57)23-29(55)3)22-35(27)39-40(45(47,48)49)28(2)21-38(41(39)46)54(24-30-9-13-33(58-5)14-10-30)25-31-11-15-34(59-6)16-12-31/h9-16,21,27,29,32,35H,7-8,17-20,22-26H2,1-6H3,(H,56,57)/t27-,29?,32?,35-/m1/s1. The number of rotatable bonds is 12. The number of aryl methyl sites for hydroxylation is 1. The maximum atomic E-state index is 17.7. The lowest BCUT2D eigenvalue weighted by atomic mass is 9.73. The molecule has 2 fully saturated rings. The van der Waals surface area contributed by atoms with E-state index >= 15 is 17.6 Å². The molecule has 1 N–H and O–H groups in total. The van der Waals surface area contributed by atoms with Crippen molar-refractivity contribution in [2.75, 3.05) is 63.9 Å². The lowest BCUT2D eigenvalue weighted by molar-refractivity contribution is -0.139. The largest absolute Gasteiger partial charge is 0.497 e. The molecule has 0 bridgehead atoms. The second kappa shape index (κ2) is 17.7. The third kappa shape index (κ3) is 9.05. The topological polar surface area (TPSA) is 104 Å². The first kappa shape index (κ1) is 42.8. The summed E-state index contributed by atoms with van der Waals surface area (Å²) in [4.78, 5) is 29.0. The highest BCUT2D eigenvalue weighted by Crippen LogP contribution is 2.48. The van der Waals surface area contributed by atoms with E-state index in [1.165, 1.54) is 17.9 Å². The fourth-order valence-electron chi connectivity index (χ4n) is 9.13. The Morgan fingerprint density at radius 1 is 0.933 bits per heavy atom. The van der Waals surface area contributed by atoms with Gasteiger partial charge in [-0.3, -0.25) is 0 Å². The molecule has 2 unspecified atom stereocenters. The molecule has 1 aliphatic carbocycles. The Kier molecular flexibility index (Phi) is 12.6. The number of halogens is 4. The molecule has 0 spiro atoms. The van der Waals surface area contributed by atoms with Crippen molar-refractivity contribution in [1.82, 2.24) is 19.8 Å². The van der Waals surface area contributed by atoms with Crippen molar-refractivity contribution >= 4 is 17.6 Å². The van der Waals surface area contributed by atoms with Crippen molar-refractivity contribution in [3.05, 3.63) is 99.5 Å². The molecule has 0 radical (unpaired) electrons. The van der Waals surface area contributed by atoms with Gasteiger partial charge in [-0.25, -0.2) is 9.18 Å². The van der Waals surface area contributed by atoms with Crippen LogP contribution in [-0.4, -0.2) is 97.1 Å². The van der Waals surface area contributed by atoms with Gasteiger partial charge in [-0.2, -0.15) is 23.1 Å². The molecule has 7 rings (SSSR count). The zero-order valence-corrected chi connectivity index (χ0v) is 35.1. The average molecular weight is 835 g/mol. The minimum Gasteiger partial charge on any atom is -0.497 e. The fraction of sp³-hybridized carbons (Fsp3) is 0.489. The Balaban J connectivity index is 1.32. The van der Waals surface area contributed by atoms with Crippen LogP contribution in [0.25, 0.3) is 0 Å². The van der Waals surface area contributed by atoms with E-state index in [1.54, 1.807) is 43.4 Å². The molecule has 1 amide bonds. The minimum absolute atomic E-state index is 0.0229. The van der Waals surface area contributed by atoms with Crippen LogP contribution in [0, 0.1) is 18.7 Å². The minimum atomic E-state index is -4.84. The van der Waals surface area contributed by atoms with Crippen molar-refractivity contribution in [2.45, 2.75) is 83.7 Å². The number of carbonyl (C=O) groups is 1. The highest BCUT2D eigenvalue weighted by molar-refractivity contribution is 5.66. The zero-order valence-electron chi connectivity index (χ0n) is 35.1. The summed E-state index contributed by atoms with van der Waals surface area (Å²) in [6.45, 7) is 7.77. The second-order valence-electron chi connectivity index (χ2n) is 16.5. The van der Waals surface area contributed by atoms with Crippen LogP contribution in [0.3, 0.4) is 0 Å². The van der Waals surface area contributed by atoms with Crippen molar-refractivity contribution < 1.29 is 41.7 Å². The number of likely N-dealkylation sites (tertiary alicyclic amines) is 1. The molecule has 4 atom stereocenters. The van der Waals surface area contributed by atoms with Crippen LogP contribution in [0.1, 0.15) is 71.7 Å². The number of ether oxygens (including phenoxy) is 3. The van der Waals surface area contributed by atoms with Crippen molar-refractivity contribution in [3.8, 4) is 17.5 Å². The predicted octanol–water partition coefficient (Wildman–Crippen LogP) is 8.35.